The maximum Gasteiger partial charge on any atom is 0.185 e. The summed E-state index contributed by atoms with van der Waals surface area (Å²) < 4.78 is 0. The third-order valence-corrected chi connectivity index (χ3v) is 4.67. The molecule has 0 aromatic carbocycles. The van der Waals surface area contributed by atoms with Crippen LogP contribution in [0.5, 0.6) is 0 Å². The maximum absolute atomic E-state index is 4.91. The van der Waals surface area contributed by atoms with Gasteiger partial charge < -0.3 is 10.2 Å². The zero-order valence-electron chi connectivity index (χ0n) is 13.1. The van der Waals surface area contributed by atoms with E-state index >= 15 is 0 Å². The number of aromatic nitrogens is 1. The average Bonchev–Trinajstić information content (AvgIpc) is 2.84. The van der Waals surface area contributed by atoms with Gasteiger partial charge in [-0.1, -0.05) is 20.8 Å². The Morgan fingerprint density at radius 3 is 2.42 bits per heavy atom. The second-order valence-electron chi connectivity index (χ2n) is 4.96. The molecule has 0 amide bonds. The van der Waals surface area contributed by atoms with Gasteiger partial charge in [-0.3, -0.25) is 0 Å². The highest BCUT2D eigenvalue weighted by molar-refractivity contribution is 7.15. The Balaban J connectivity index is 2.91. The molecule has 1 rings (SSSR count). The van der Waals surface area contributed by atoms with E-state index in [9.17, 15) is 0 Å². The van der Waals surface area contributed by atoms with Gasteiger partial charge in [-0.2, -0.15) is 0 Å². The molecule has 110 valence electrons. The second kappa shape index (κ2) is 8.54. The van der Waals surface area contributed by atoms with Gasteiger partial charge in [0.25, 0.3) is 0 Å². The number of hydrogen-bond donors (Lipinski definition) is 1. The Morgan fingerprint density at radius 2 is 1.89 bits per heavy atom. The summed E-state index contributed by atoms with van der Waals surface area (Å²) in [5, 5.41) is 4.70. The summed E-state index contributed by atoms with van der Waals surface area (Å²) in [4.78, 5) is 8.67. The van der Waals surface area contributed by atoms with Crippen LogP contribution in [0.3, 0.4) is 0 Å². The molecule has 0 saturated carbocycles. The number of hydrogen-bond acceptors (Lipinski definition) is 4. The Labute approximate surface area is 122 Å². The van der Waals surface area contributed by atoms with Gasteiger partial charge in [-0.05, 0) is 39.2 Å². The molecule has 0 spiro atoms. The topological polar surface area (TPSA) is 28.2 Å². The first kappa shape index (κ1) is 16.4. The summed E-state index contributed by atoms with van der Waals surface area (Å²) in [6, 6.07) is 0. The fourth-order valence-electron chi connectivity index (χ4n) is 2.06. The van der Waals surface area contributed by atoms with Crippen molar-refractivity contribution in [1.82, 2.24) is 10.3 Å². The molecule has 1 aromatic rings. The predicted octanol–water partition coefficient (Wildman–Crippen LogP) is 4.00. The zero-order chi connectivity index (χ0) is 14.3. The van der Waals surface area contributed by atoms with Gasteiger partial charge in [0.1, 0.15) is 0 Å². The minimum absolute atomic E-state index is 0.555. The maximum atomic E-state index is 4.91. The molecule has 1 aromatic heterocycles. The van der Waals surface area contributed by atoms with Crippen LogP contribution < -0.4 is 10.2 Å². The standard InChI is InChI=1S/C15H29N3S/c1-6-10-16-11-13-14(12(5)7-2)17-15(19-13)18(8-3)9-4/h12,16H,6-11H2,1-5H3. The van der Waals surface area contributed by atoms with Crippen LogP contribution in [0.2, 0.25) is 0 Å². The Hall–Kier alpha value is -0.610. The van der Waals surface area contributed by atoms with E-state index < -0.39 is 0 Å². The molecule has 0 aliphatic heterocycles. The van der Waals surface area contributed by atoms with Crippen LogP contribution in [0.25, 0.3) is 0 Å². The summed E-state index contributed by atoms with van der Waals surface area (Å²) >= 11 is 1.86. The molecule has 1 heterocycles. The van der Waals surface area contributed by atoms with Gasteiger partial charge in [0.15, 0.2) is 5.13 Å². The van der Waals surface area contributed by atoms with Gasteiger partial charge in [0.05, 0.1) is 5.69 Å². The lowest BCUT2D eigenvalue weighted by Crippen LogP contribution is -2.21. The fourth-order valence-corrected chi connectivity index (χ4v) is 3.34. The third-order valence-electron chi connectivity index (χ3n) is 3.54. The van der Waals surface area contributed by atoms with E-state index in [1.54, 1.807) is 0 Å². The van der Waals surface area contributed by atoms with E-state index in [0.717, 1.165) is 32.6 Å². The molecular weight excluding hydrogens is 254 g/mol. The molecule has 0 radical (unpaired) electrons. The van der Waals surface area contributed by atoms with Crippen LogP contribution in [0.15, 0.2) is 0 Å². The van der Waals surface area contributed by atoms with Crippen molar-refractivity contribution in [3.8, 4) is 0 Å². The fraction of sp³-hybridized carbons (Fsp3) is 0.800. The molecule has 3 nitrogen and oxygen atoms in total. The first-order valence-electron chi connectivity index (χ1n) is 7.62. The number of nitrogens with one attached hydrogen (secondary N) is 1. The number of anilines is 1. The van der Waals surface area contributed by atoms with E-state index in [2.05, 4.69) is 44.8 Å². The largest absolute Gasteiger partial charge is 0.349 e. The lowest BCUT2D eigenvalue weighted by Gasteiger charge is -2.16. The normalized spacial score (nSPS) is 12.7. The van der Waals surface area contributed by atoms with Gasteiger partial charge in [-0.15, -0.1) is 11.3 Å². The summed E-state index contributed by atoms with van der Waals surface area (Å²) in [6.07, 6.45) is 2.34. The van der Waals surface area contributed by atoms with E-state index in [4.69, 9.17) is 4.98 Å². The van der Waals surface area contributed by atoms with Crippen LogP contribution >= 0.6 is 11.3 Å². The van der Waals surface area contributed by atoms with Crippen LogP contribution in [0.4, 0.5) is 5.13 Å². The van der Waals surface area contributed by atoms with E-state index in [0.29, 0.717) is 5.92 Å². The van der Waals surface area contributed by atoms with E-state index in [1.165, 1.54) is 22.1 Å². The van der Waals surface area contributed by atoms with Crippen molar-refractivity contribution in [2.75, 3.05) is 24.5 Å². The Kier molecular flexibility index (Phi) is 7.39. The summed E-state index contributed by atoms with van der Waals surface area (Å²) in [7, 11) is 0. The minimum atomic E-state index is 0.555. The minimum Gasteiger partial charge on any atom is -0.349 e. The highest BCUT2D eigenvalue weighted by atomic mass is 32.1. The van der Waals surface area contributed by atoms with Crippen LogP contribution in [-0.2, 0) is 6.54 Å². The molecular formula is C15H29N3S. The Morgan fingerprint density at radius 1 is 1.21 bits per heavy atom. The van der Waals surface area contributed by atoms with Crippen LogP contribution in [0, 0.1) is 0 Å². The van der Waals surface area contributed by atoms with E-state index in [1.807, 2.05) is 11.3 Å². The van der Waals surface area contributed by atoms with Gasteiger partial charge >= 0.3 is 0 Å². The SMILES string of the molecule is CCCNCc1sc(N(CC)CC)nc1C(C)CC. The quantitative estimate of drug-likeness (QED) is 0.694. The summed E-state index contributed by atoms with van der Waals surface area (Å²) in [5.74, 6) is 0.555. The molecule has 0 fully saturated rings. The van der Waals surface area contributed by atoms with Crippen molar-refractivity contribution in [2.45, 2.75) is 59.9 Å². The van der Waals surface area contributed by atoms with Gasteiger partial charge in [-0.25, -0.2) is 4.98 Å². The highest BCUT2D eigenvalue weighted by Gasteiger charge is 2.17. The molecule has 1 N–H and O–H groups in total. The van der Waals surface area contributed by atoms with Crippen molar-refractivity contribution in [3.05, 3.63) is 10.6 Å². The summed E-state index contributed by atoms with van der Waals surface area (Å²) in [6.45, 7) is 15.2. The zero-order valence-corrected chi connectivity index (χ0v) is 13.9. The molecule has 1 atom stereocenters. The second-order valence-corrected chi connectivity index (χ2v) is 6.03. The monoisotopic (exact) mass is 283 g/mol. The predicted molar refractivity (Wildman–Crippen MR) is 86.4 cm³/mol. The number of nitrogens with zero attached hydrogens (tertiary/aromatic N) is 2. The lowest BCUT2D eigenvalue weighted by molar-refractivity contribution is 0.655. The molecule has 0 aliphatic carbocycles. The Bertz CT molecular complexity index is 358. The molecule has 0 aliphatic rings. The van der Waals surface area contributed by atoms with Crippen molar-refractivity contribution >= 4 is 16.5 Å². The molecule has 0 bridgehead atoms. The molecule has 1 unspecified atom stereocenters. The summed E-state index contributed by atoms with van der Waals surface area (Å²) in [5.41, 5.74) is 1.30. The van der Waals surface area contributed by atoms with Gasteiger partial charge in [0, 0.05) is 24.5 Å². The molecule has 4 heteroatoms. The third kappa shape index (κ3) is 4.46. The van der Waals surface area contributed by atoms with Crippen molar-refractivity contribution in [3.63, 3.8) is 0 Å². The lowest BCUT2D eigenvalue weighted by atomic mass is 10.0. The molecule has 0 saturated heterocycles. The first-order valence-corrected chi connectivity index (χ1v) is 8.44. The van der Waals surface area contributed by atoms with E-state index in [-0.39, 0.29) is 0 Å². The smallest absolute Gasteiger partial charge is 0.185 e. The average molecular weight is 283 g/mol. The van der Waals surface area contributed by atoms with Crippen molar-refractivity contribution in [2.24, 2.45) is 0 Å². The van der Waals surface area contributed by atoms with Crippen molar-refractivity contribution < 1.29 is 0 Å². The number of rotatable bonds is 9. The van der Waals surface area contributed by atoms with Gasteiger partial charge in [0.2, 0.25) is 0 Å². The van der Waals surface area contributed by atoms with Crippen LogP contribution in [0.1, 0.15) is 63.9 Å². The highest BCUT2D eigenvalue weighted by Crippen LogP contribution is 2.32. The van der Waals surface area contributed by atoms with Crippen molar-refractivity contribution in [1.29, 1.82) is 0 Å². The first-order chi connectivity index (χ1) is 9.17. The van der Waals surface area contributed by atoms with Crippen LogP contribution in [-0.4, -0.2) is 24.6 Å². The molecule has 19 heavy (non-hydrogen) atoms. The number of thiazole rings is 1.